The van der Waals surface area contributed by atoms with E-state index in [1.165, 1.54) is 11.3 Å². The fourth-order valence-corrected chi connectivity index (χ4v) is 5.07. The van der Waals surface area contributed by atoms with E-state index in [1.54, 1.807) is 0 Å². The van der Waals surface area contributed by atoms with Gasteiger partial charge in [-0.3, -0.25) is 4.79 Å². The molecule has 1 fully saturated rings. The quantitative estimate of drug-likeness (QED) is 0.748. The van der Waals surface area contributed by atoms with Crippen LogP contribution >= 0.6 is 0 Å². The highest BCUT2D eigenvalue weighted by molar-refractivity contribution is 5.83. The van der Waals surface area contributed by atoms with Crippen molar-refractivity contribution in [1.82, 2.24) is 29.3 Å². The van der Waals surface area contributed by atoms with E-state index >= 15 is 0 Å². The second kappa shape index (κ2) is 7.79. The maximum atomic E-state index is 13.7. The number of hydrogen-bond donors (Lipinski definition) is 0. The van der Waals surface area contributed by atoms with Crippen molar-refractivity contribution in [1.29, 1.82) is 0 Å². The minimum atomic E-state index is -0.102. The van der Waals surface area contributed by atoms with Crippen LogP contribution in [0, 0.1) is 26.7 Å². The first-order valence-corrected chi connectivity index (χ1v) is 11.4. The molecule has 1 aliphatic carbocycles. The first-order chi connectivity index (χ1) is 14.9. The van der Waals surface area contributed by atoms with Gasteiger partial charge in [-0.15, -0.1) is 0 Å². The summed E-state index contributed by atoms with van der Waals surface area (Å²) in [5.41, 5.74) is 7.51. The van der Waals surface area contributed by atoms with Gasteiger partial charge in [0.1, 0.15) is 0 Å². The first kappa shape index (κ1) is 20.2. The second-order valence-electron chi connectivity index (χ2n) is 9.21. The summed E-state index contributed by atoms with van der Waals surface area (Å²) in [6.45, 7) is 11.6. The molecule has 0 spiro atoms. The highest BCUT2D eigenvalue weighted by Gasteiger charge is 2.36. The summed E-state index contributed by atoms with van der Waals surface area (Å²) in [6, 6.07) is 0. The van der Waals surface area contributed by atoms with Crippen LogP contribution in [0.4, 0.5) is 0 Å². The molecule has 0 radical (unpaired) electrons. The topological polar surface area (TPSA) is 57.0 Å². The summed E-state index contributed by atoms with van der Waals surface area (Å²) >= 11 is 0. The highest BCUT2D eigenvalue weighted by atomic mass is 16.2. The van der Waals surface area contributed by atoms with E-state index in [1.807, 2.05) is 16.3 Å². The molecule has 7 nitrogen and oxygen atoms in total. The van der Waals surface area contributed by atoms with Gasteiger partial charge in [-0.25, -0.2) is 9.50 Å². The van der Waals surface area contributed by atoms with Gasteiger partial charge >= 0.3 is 0 Å². The maximum absolute atomic E-state index is 13.7. The summed E-state index contributed by atoms with van der Waals surface area (Å²) < 4.78 is 1.96. The Morgan fingerprint density at radius 3 is 2.77 bits per heavy atom. The van der Waals surface area contributed by atoms with Crippen LogP contribution < -0.4 is 0 Å². The molecular weight excluding hydrogens is 388 g/mol. The smallest absolute Gasteiger partial charge is 0.232 e. The van der Waals surface area contributed by atoms with Crippen molar-refractivity contribution in [3.05, 3.63) is 52.1 Å². The Bertz CT molecular complexity index is 1100. The first-order valence-electron chi connectivity index (χ1n) is 11.4. The fraction of sp³-hybridized carbons (Fsp3) is 0.542. The third-order valence-corrected chi connectivity index (χ3v) is 7.23. The largest absolute Gasteiger partial charge is 0.373 e. The van der Waals surface area contributed by atoms with Crippen molar-refractivity contribution < 1.29 is 4.79 Å². The molecule has 0 aromatic carbocycles. The zero-order chi connectivity index (χ0) is 21.7. The molecule has 5 rings (SSSR count). The lowest BCUT2D eigenvalue weighted by Crippen LogP contribution is -2.39. The number of carbonyl (C=O) groups is 1. The van der Waals surface area contributed by atoms with Crippen molar-refractivity contribution in [3.63, 3.8) is 0 Å². The zero-order valence-corrected chi connectivity index (χ0v) is 19.1. The van der Waals surface area contributed by atoms with Crippen LogP contribution in [0.3, 0.4) is 0 Å². The van der Waals surface area contributed by atoms with Gasteiger partial charge in [0.15, 0.2) is 5.65 Å². The normalized spacial score (nSPS) is 22.1. The Kier molecular flexibility index (Phi) is 5.08. The van der Waals surface area contributed by atoms with E-state index < -0.39 is 0 Å². The Labute approximate surface area is 184 Å². The van der Waals surface area contributed by atoms with E-state index in [4.69, 9.17) is 10.1 Å². The number of amides is 1. The van der Waals surface area contributed by atoms with Crippen molar-refractivity contribution in [3.8, 4) is 0 Å². The second-order valence-corrected chi connectivity index (χ2v) is 9.21. The van der Waals surface area contributed by atoms with E-state index in [0.717, 1.165) is 67.3 Å². The Morgan fingerprint density at radius 1 is 1.10 bits per heavy atom. The van der Waals surface area contributed by atoms with E-state index in [9.17, 15) is 4.79 Å². The minimum Gasteiger partial charge on any atom is -0.373 e. The average molecular weight is 421 g/mol. The molecule has 7 heteroatoms. The molecule has 2 aliphatic heterocycles. The molecule has 164 valence electrons. The minimum absolute atomic E-state index is 0.102. The van der Waals surface area contributed by atoms with Crippen molar-refractivity contribution in [2.24, 2.45) is 5.92 Å². The van der Waals surface area contributed by atoms with Crippen LogP contribution in [-0.4, -0.2) is 68.4 Å². The number of rotatable bonds is 2. The molecule has 1 saturated heterocycles. The lowest BCUT2D eigenvalue weighted by molar-refractivity contribution is -0.135. The van der Waals surface area contributed by atoms with Gasteiger partial charge in [-0.2, -0.15) is 5.10 Å². The Balaban J connectivity index is 1.38. The Hall–Kier alpha value is -2.67. The zero-order valence-electron chi connectivity index (χ0n) is 19.1. The molecule has 4 heterocycles. The van der Waals surface area contributed by atoms with E-state index in [0.29, 0.717) is 13.1 Å². The van der Waals surface area contributed by atoms with Gasteiger partial charge in [0.2, 0.25) is 5.91 Å². The van der Waals surface area contributed by atoms with Gasteiger partial charge < -0.3 is 14.7 Å². The number of carbonyl (C=O) groups excluding carboxylic acids is 1. The van der Waals surface area contributed by atoms with Gasteiger partial charge in [0.05, 0.1) is 24.7 Å². The number of aryl methyl sites for hydroxylation is 2. The summed E-state index contributed by atoms with van der Waals surface area (Å²) in [5.74, 6) is 0.111. The molecule has 1 amide bonds. The van der Waals surface area contributed by atoms with Crippen LogP contribution in [0.25, 0.3) is 5.65 Å². The van der Waals surface area contributed by atoms with Crippen LogP contribution in [0.1, 0.15) is 41.1 Å². The SMILES string of the molecule is Cc1nc2c3c(nn2c(C)c1C)CN(C(=O)C1CC=CC=C1N1CCCN(C)CC1)C3. The van der Waals surface area contributed by atoms with Crippen LogP contribution in [0.5, 0.6) is 0 Å². The number of hydrogen-bond acceptors (Lipinski definition) is 5. The molecule has 2 aromatic heterocycles. The maximum Gasteiger partial charge on any atom is 0.232 e. The molecule has 31 heavy (non-hydrogen) atoms. The molecular formula is C24H32N6O. The highest BCUT2D eigenvalue weighted by Crippen LogP contribution is 2.32. The van der Waals surface area contributed by atoms with Gasteiger partial charge in [0, 0.05) is 42.3 Å². The van der Waals surface area contributed by atoms with E-state index in [2.05, 4.69) is 48.9 Å². The average Bonchev–Trinajstić information content (AvgIpc) is 3.25. The monoisotopic (exact) mass is 420 g/mol. The predicted octanol–water partition coefficient (Wildman–Crippen LogP) is 2.59. The molecule has 3 aliphatic rings. The summed E-state index contributed by atoms with van der Waals surface area (Å²) in [6.07, 6.45) is 8.29. The van der Waals surface area contributed by atoms with E-state index in [-0.39, 0.29) is 11.8 Å². The predicted molar refractivity (Wildman–Crippen MR) is 120 cm³/mol. The van der Waals surface area contributed by atoms with Gasteiger partial charge in [-0.1, -0.05) is 12.2 Å². The van der Waals surface area contributed by atoms with Gasteiger partial charge in [0.25, 0.3) is 0 Å². The number of aromatic nitrogens is 3. The molecule has 1 unspecified atom stereocenters. The van der Waals surface area contributed by atoms with Crippen molar-refractivity contribution >= 4 is 11.6 Å². The lowest BCUT2D eigenvalue weighted by Gasteiger charge is -2.33. The van der Waals surface area contributed by atoms with Crippen molar-refractivity contribution in [2.45, 2.75) is 46.7 Å². The fourth-order valence-electron chi connectivity index (χ4n) is 5.07. The standard InChI is InChI=1S/C24H32N6O/c1-16-17(2)25-23-20-14-29(15-21(20)26-30(23)18(16)3)24(31)19-8-5-6-9-22(19)28-11-7-10-27(4)12-13-28/h5-6,9,19H,7-8,10-15H2,1-4H3. The molecule has 2 aromatic rings. The summed E-state index contributed by atoms with van der Waals surface area (Å²) in [7, 11) is 2.18. The third kappa shape index (κ3) is 3.45. The number of likely N-dealkylation sites (N-methyl/N-ethyl adjacent to an activating group) is 1. The molecule has 0 saturated carbocycles. The van der Waals surface area contributed by atoms with Gasteiger partial charge in [-0.05, 0) is 58.8 Å². The molecule has 0 bridgehead atoms. The number of allylic oxidation sites excluding steroid dienone is 3. The molecule has 1 atom stereocenters. The molecule has 0 N–H and O–H groups in total. The number of fused-ring (bicyclic) bond motifs is 3. The van der Waals surface area contributed by atoms with Crippen molar-refractivity contribution in [2.75, 3.05) is 33.2 Å². The van der Waals surface area contributed by atoms with Crippen LogP contribution in [0.15, 0.2) is 23.9 Å². The number of nitrogens with zero attached hydrogens (tertiary/aromatic N) is 6. The lowest BCUT2D eigenvalue weighted by atomic mass is 9.94. The summed E-state index contributed by atoms with van der Waals surface area (Å²) in [4.78, 5) is 25.2. The summed E-state index contributed by atoms with van der Waals surface area (Å²) in [5, 5.41) is 4.82. The third-order valence-electron chi connectivity index (χ3n) is 7.23. The van der Waals surface area contributed by atoms with Crippen LogP contribution in [0.2, 0.25) is 0 Å². The van der Waals surface area contributed by atoms with Crippen LogP contribution in [-0.2, 0) is 17.9 Å². The Morgan fingerprint density at radius 2 is 1.94 bits per heavy atom.